The number of carbonyl (C=O) groups is 1. The molecule has 0 aromatic heterocycles. The SMILES string of the molecule is CC(=O)N1CCc2cc(S(=O)(=O)NC3CCOCC3)ccc21. The van der Waals surface area contributed by atoms with Gasteiger partial charge in [-0.2, -0.15) is 0 Å². The van der Waals surface area contributed by atoms with Crippen LogP contribution in [0.4, 0.5) is 5.69 Å². The van der Waals surface area contributed by atoms with E-state index in [4.69, 9.17) is 4.74 Å². The number of hydrogen-bond acceptors (Lipinski definition) is 4. The molecule has 0 saturated carbocycles. The number of nitrogens with zero attached hydrogens (tertiary/aromatic N) is 1. The Morgan fingerprint density at radius 1 is 1.32 bits per heavy atom. The van der Waals surface area contributed by atoms with Crippen LogP contribution in [0.5, 0.6) is 0 Å². The zero-order chi connectivity index (χ0) is 15.7. The lowest BCUT2D eigenvalue weighted by atomic mass is 10.1. The maximum Gasteiger partial charge on any atom is 0.240 e. The topological polar surface area (TPSA) is 75.7 Å². The second kappa shape index (κ2) is 5.98. The Bertz CT molecular complexity index is 681. The molecule has 3 rings (SSSR count). The lowest BCUT2D eigenvalue weighted by Crippen LogP contribution is -2.38. The van der Waals surface area contributed by atoms with Gasteiger partial charge in [0.2, 0.25) is 15.9 Å². The van der Waals surface area contributed by atoms with Crippen molar-refractivity contribution in [3.63, 3.8) is 0 Å². The fourth-order valence-electron chi connectivity index (χ4n) is 2.98. The van der Waals surface area contributed by atoms with Crippen molar-refractivity contribution in [2.45, 2.75) is 37.1 Å². The van der Waals surface area contributed by atoms with E-state index in [0.717, 1.165) is 11.3 Å². The third kappa shape index (κ3) is 3.02. The molecule has 0 atom stereocenters. The highest BCUT2D eigenvalue weighted by Crippen LogP contribution is 2.30. The van der Waals surface area contributed by atoms with Crippen LogP contribution in [0.3, 0.4) is 0 Å². The molecule has 0 spiro atoms. The van der Waals surface area contributed by atoms with E-state index in [2.05, 4.69) is 4.72 Å². The summed E-state index contributed by atoms with van der Waals surface area (Å²) in [6, 6.07) is 4.91. The van der Waals surface area contributed by atoms with Crippen LogP contribution in [0.15, 0.2) is 23.1 Å². The second-order valence-electron chi connectivity index (χ2n) is 5.72. The number of sulfonamides is 1. The molecule has 2 aliphatic rings. The monoisotopic (exact) mass is 324 g/mol. The number of fused-ring (bicyclic) bond motifs is 1. The van der Waals surface area contributed by atoms with E-state index < -0.39 is 10.0 Å². The Hall–Kier alpha value is -1.44. The number of ether oxygens (including phenoxy) is 1. The van der Waals surface area contributed by atoms with Crippen LogP contribution in [-0.4, -0.2) is 40.1 Å². The van der Waals surface area contributed by atoms with E-state index in [1.54, 1.807) is 23.1 Å². The van der Waals surface area contributed by atoms with Gasteiger partial charge in [-0.25, -0.2) is 13.1 Å². The molecule has 0 unspecified atom stereocenters. The Labute approximate surface area is 130 Å². The molecule has 1 fully saturated rings. The molecule has 0 radical (unpaired) electrons. The number of amides is 1. The Balaban J connectivity index is 1.81. The molecule has 22 heavy (non-hydrogen) atoms. The van der Waals surface area contributed by atoms with Crippen molar-refractivity contribution in [3.8, 4) is 0 Å². The van der Waals surface area contributed by atoms with Crippen LogP contribution in [0.1, 0.15) is 25.3 Å². The van der Waals surface area contributed by atoms with E-state index in [0.29, 0.717) is 39.0 Å². The van der Waals surface area contributed by atoms with Crippen LogP contribution >= 0.6 is 0 Å². The summed E-state index contributed by atoms with van der Waals surface area (Å²) in [4.78, 5) is 13.5. The predicted octanol–water partition coefficient (Wildman–Crippen LogP) is 1.05. The number of hydrogen-bond donors (Lipinski definition) is 1. The zero-order valence-corrected chi connectivity index (χ0v) is 13.4. The zero-order valence-electron chi connectivity index (χ0n) is 12.5. The molecular weight excluding hydrogens is 304 g/mol. The van der Waals surface area contributed by atoms with Crippen molar-refractivity contribution in [1.29, 1.82) is 0 Å². The van der Waals surface area contributed by atoms with Crippen molar-refractivity contribution < 1.29 is 17.9 Å². The first-order valence-corrected chi connectivity index (χ1v) is 8.97. The van der Waals surface area contributed by atoms with E-state index in [1.807, 2.05) is 0 Å². The molecule has 6 nitrogen and oxygen atoms in total. The first-order chi connectivity index (χ1) is 10.5. The summed E-state index contributed by atoms with van der Waals surface area (Å²) in [5.41, 5.74) is 1.72. The van der Waals surface area contributed by atoms with Crippen molar-refractivity contribution in [2.75, 3.05) is 24.7 Å². The van der Waals surface area contributed by atoms with Gasteiger partial charge in [0.15, 0.2) is 0 Å². The number of anilines is 1. The minimum Gasteiger partial charge on any atom is -0.381 e. The average molecular weight is 324 g/mol. The normalized spacial score (nSPS) is 19.2. The summed E-state index contributed by atoms with van der Waals surface area (Å²) in [5, 5.41) is 0. The minimum absolute atomic E-state index is 0.0188. The maximum absolute atomic E-state index is 12.5. The number of benzene rings is 1. The highest BCUT2D eigenvalue weighted by atomic mass is 32.2. The van der Waals surface area contributed by atoms with Crippen LogP contribution < -0.4 is 9.62 Å². The summed E-state index contributed by atoms with van der Waals surface area (Å²) >= 11 is 0. The van der Waals surface area contributed by atoms with Gasteiger partial charge in [-0.05, 0) is 43.0 Å². The molecule has 1 amide bonds. The van der Waals surface area contributed by atoms with Gasteiger partial charge in [-0.15, -0.1) is 0 Å². The third-order valence-corrected chi connectivity index (χ3v) is 5.70. The first kappa shape index (κ1) is 15.5. The van der Waals surface area contributed by atoms with Gasteiger partial charge in [0.05, 0.1) is 4.90 Å². The van der Waals surface area contributed by atoms with Crippen LogP contribution in [0.2, 0.25) is 0 Å². The summed E-state index contributed by atoms with van der Waals surface area (Å²) in [6.45, 7) is 3.31. The molecule has 120 valence electrons. The molecule has 1 aromatic carbocycles. The van der Waals surface area contributed by atoms with Gasteiger partial charge in [-0.1, -0.05) is 0 Å². The highest BCUT2D eigenvalue weighted by Gasteiger charge is 2.26. The lowest BCUT2D eigenvalue weighted by Gasteiger charge is -2.23. The van der Waals surface area contributed by atoms with Crippen LogP contribution in [0, 0.1) is 0 Å². The Morgan fingerprint density at radius 3 is 2.73 bits per heavy atom. The van der Waals surface area contributed by atoms with Gasteiger partial charge in [0.25, 0.3) is 0 Å². The Kier molecular flexibility index (Phi) is 4.20. The standard InChI is InChI=1S/C15H20N2O4S/c1-11(18)17-7-4-12-10-14(2-3-15(12)17)22(19,20)16-13-5-8-21-9-6-13/h2-3,10,13,16H,4-9H2,1H3. The summed E-state index contributed by atoms with van der Waals surface area (Å²) in [7, 11) is -3.53. The molecule has 1 saturated heterocycles. The van der Waals surface area contributed by atoms with Crippen molar-refractivity contribution in [2.24, 2.45) is 0 Å². The number of carbonyl (C=O) groups excluding carboxylic acids is 1. The number of rotatable bonds is 3. The maximum atomic E-state index is 12.5. The van der Waals surface area contributed by atoms with Crippen molar-refractivity contribution in [1.82, 2.24) is 4.72 Å². The van der Waals surface area contributed by atoms with Gasteiger partial charge in [-0.3, -0.25) is 4.79 Å². The third-order valence-electron chi connectivity index (χ3n) is 4.18. The van der Waals surface area contributed by atoms with Gasteiger partial charge < -0.3 is 9.64 Å². The molecule has 0 bridgehead atoms. The van der Waals surface area contributed by atoms with E-state index in [1.165, 1.54) is 6.92 Å². The molecule has 1 aromatic rings. The van der Waals surface area contributed by atoms with Crippen molar-refractivity contribution in [3.05, 3.63) is 23.8 Å². The van der Waals surface area contributed by atoms with E-state index in [-0.39, 0.29) is 16.8 Å². The lowest BCUT2D eigenvalue weighted by molar-refractivity contribution is -0.116. The smallest absolute Gasteiger partial charge is 0.240 e. The summed E-state index contributed by atoms with van der Waals surface area (Å²) in [6.07, 6.45) is 2.08. The number of nitrogens with one attached hydrogen (secondary N) is 1. The summed E-state index contributed by atoms with van der Waals surface area (Å²) < 4.78 is 33.0. The van der Waals surface area contributed by atoms with Crippen LogP contribution in [-0.2, 0) is 26.0 Å². The summed E-state index contributed by atoms with van der Waals surface area (Å²) in [5.74, 6) is -0.0188. The molecule has 0 aliphatic carbocycles. The molecule has 7 heteroatoms. The highest BCUT2D eigenvalue weighted by molar-refractivity contribution is 7.89. The first-order valence-electron chi connectivity index (χ1n) is 7.48. The molecule has 1 N–H and O–H groups in total. The molecular formula is C15H20N2O4S. The van der Waals surface area contributed by atoms with Gasteiger partial charge in [0.1, 0.15) is 0 Å². The van der Waals surface area contributed by atoms with Gasteiger partial charge >= 0.3 is 0 Å². The fourth-order valence-corrected chi connectivity index (χ4v) is 4.33. The largest absolute Gasteiger partial charge is 0.381 e. The van der Waals surface area contributed by atoms with Crippen molar-refractivity contribution >= 4 is 21.6 Å². The quantitative estimate of drug-likeness (QED) is 0.902. The van der Waals surface area contributed by atoms with E-state index in [9.17, 15) is 13.2 Å². The predicted molar refractivity (Wildman–Crippen MR) is 82.3 cm³/mol. The van der Waals surface area contributed by atoms with Gasteiger partial charge in [0, 0.05) is 38.4 Å². The average Bonchev–Trinajstić information content (AvgIpc) is 2.91. The molecule has 2 aliphatic heterocycles. The minimum atomic E-state index is -3.53. The Morgan fingerprint density at radius 2 is 2.05 bits per heavy atom. The fraction of sp³-hybridized carbons (Fsp3) is 0.533. The van der Waals surface area contributed by atoms with E-state index >= 15 is 0 Å². The van der Waals surface area contributed by atoms with Crippen LogP contribution in [0.25, 0.3) is 0 Å². The second-order valence-corrected chi connectivity index (χ2v) is 7.43. The molecule has 2 heterocycles.